The van der Waals surface area contributed by atoms with Crippen LogP contribution in [0, 0.1) is 6.92 Å². The monoisotopic (exact) mass is 427 g/mol. The van der Waals surface area contributed by atoms with Crippen LogP contribution in [-0.2, 0) is 0 Å². The molecule has 0 radical (unpaired) electrons. The zero-order chi connectivity index (χ0) is 22.1. The molecule has 0 atom stereocenters. The van der Waals surface area contributed by atoms with Crippen LogP contribution in [0.15, 0.2) is 46.0 Å². The molecule has 168 valence electrons. The van der Waals surface area contributed by atoms with Gasteiger partial charge in [0, 0.05) is 57.1 Å². The molecule has 1 saturated heterocycles. The fraction of sp³-hybridized carbons (Fsp3) is 0.478. The number of aryl methyl sites for hydroxylation is 1. The molecule has 2 N–H and O–H groups in total. The number of amides is 1. The second-order valence-electron chi connectivity index (χ2n) is 7.45. The van der Waals surface area contributed by atoms with Crippen molar-refractivity contribution in [3.63, 3.8) is 0 Å². The molecule has 8 nitrogen and oxygen atoms in total. The van der Waals surface area contributed by atoms with Crippen LogP contribution in [0.2, 0.25) is 0 Å². The van der Waals surface area contributed by atoms with Crippen molar-refractivity contribution in [2.45, 2.75) is 20.3 Å². The number of hydrogen-bond acceptors (Lipinski definition) is 5. The highest BCUT2D eigenvalue weighted by molar-refractivity contribution is 5.92. The molecule has 3 rings (SSSR count). The SMILES string of the molecule is CCNC(=NCCCNC(=O)c1occc1C)N1CCN(c2ccc(OC)cc2)CC1. The number of furan rings is 1. The third-order valence-corrected chi connectivity index (χ3v) is 5.30. The molecule has 0 aliphatic carbocycles. The summed E-state index contributed by atoms with van der Waals surface area (Å²) in [4.78, 5) is 21.5. The Morgan fingerprint density at radius 3 is 2.48 bits per heavy atom. The lowest BCUT2D eigenvalue weighted by atomic mass is 10.2. The van der Waals surface area contributed by atoms with Crippen LogP contribution in [-0.4, -0.2) is 69.7 Å². The molecule has 0 spiro atoms. The largest absolute Gasteiger partial charge is 0.497 e. The summed E-state index contributed by atoms with van der Waals surface area (Å²) in [5.74, 6) is 2.02. The molecule has 1 fully saturated rings. The van der Waals surface area contributed by atoms with Gasteiger partial charge in [0.2, 0.25) is 0 Å². The minimum atomic E-state index is -0.173. The summed E-state index contributed by atoms with van der Waals surface area (Å²) >= 11 is 0. The van der Waals surface area contributed by atoms with Crippen LogP contribution in [0.5, 0.6) is 5.75 Å². The zero-order valence-corrected chi connectivity index (χ0v) is 18.7. The number of guanidine groups is 1. The Hall–Kier alpha value is -3.16. The standard InChI is InChI=1S/C23H33N5O3/c1-4-24-23(26-12-5-11-25-22(29)21-18(2)10-17-31-21)28-15-13-27(14-16-28)19-6-8-20(30-3)9-7-19/h6-10,17H,4-5,11-16H2,1-3H3,(H,24,26)(H,25,29). The number of rotatable bonds is 8. The van der Waals surface area contributed by atoms with Crippen LogP contribution in [0.1, 0.15) is 29.5 Å². The number of nitrogens with one attached hydrogen (secondary N) is 2. The molecule has 0 bridgehead atoms. The maximum Gasteiger partial charge on any atom is 0.287 e. The molecular formula is C23H33N5O3. The van der Waals surface area contributed by atoms with Gasteiger partial charge in [-0.2, -0.15) is 0 Å². The molecule has 0 saturated carbocycles. The van der Waals surface area contributed by atoms with Crippen molar-refractivity contribution in [1.29, 1.82) is 0 Å². The van der Waals surface area contributed by atoms with Crippen molar-refractivity contribution in [1.82, 2.24) is 15.5 Å². The lowest BCUT2D eigenvalue weighted by molar-refractivity contribution is 0.0925. The number of benzene rings is 1. The highest BCUT2D eigenvalue weighted by Gasteiger charge is 2.20. The predicted molar refractivity (Wildman–Crippen MR) is 123 cm³/mol. The fourth-order valence-electron chi connectivity index (χ4n) is 3.55. The van der Waals surface area contributed by atoms with E-state index in [0.29, 0.717) is 18.8 Å². The van der Waals surface area contributed by atoms with Crippen molar-refractivity contribution < 1.29 is 13.9 Å². The van der Waals surface area contributed by atoms with E-state index in [-0.39, 0.29) is 5.91 Å². The van der Waals surface area contributed by atoms with Crippen molar-refractivity contribution in [2.24, 2.45) is 4.99 Å². The van der Waals surface area contributed by atoms with Gasteiger partial charge in [-0.05, 0) is 50.6 Å². The quantitative estimate of drug-likeness (QED) is 0.383. The summed E-state index contributed by atoms with van der Waals surface area (Å²) in [6.45, 7) is 9.68. The van der Waals surface area contributed by atoms with Crippen LogP contribution in [0.25, 0.3) is 0 Å². The Morgan fingerprint density at radius 2 is 1.87 bits per heavy atom. The maximum atomic E-state index is 12.1. The van der Waals surface area contributed by atoms with Crippen LogP contribution >= 0.6 is 0 Å². The van der Waals surface area contributed by atoms with Crippen molar-refractivity contribution in [2.75, 3.05) is 57.8 Å². The second-order valence-corrected chi connectivity index (χ2v) is 7.45. The molecule has 2 aromatic rings. The molecule has 31 heavy (non-hydrogen) atoms. The van der Waals surface area contributed by atoms with E-state index in [1.807, 2.05) is 19.1 Å². The van der Waals surface area contributed by atoms with Gasteiger partial charge in [-0.3, -0.25) is 9.79 Å². The van der Waals surface area contributed by atoms with E-state index in [0.717, 1.165) is 56.4 Å². The van der Waals surface area contributed by atoms with E-state index in [9.17, 15) is 4.79 Å². The second kappa shape index (κ2) is 11.3. The van der Waals surface area contributed by atoms with Crippen LogP contribution in [0.4, 0.5) is 5.69 Å². The number of carbonyl (C=O) groups is 1. The Kier molecular flexibility index (Phi) is 8.20. The van der Waals surface area contributed by atoms with E-state index in [1.165, 1.54) is 12.0 Å². The molecule has 1 aromatic carbocycles. The number of nitrogens with zero attached hydrogens (tertiary/aromatic N) is 3. The Balaban J connectivity index is 1.45. The minimum Gasteiger partial charge on any atom is -0.497 e. The molecule has 8 heteroatoms. The van der Waals surface area contributed by atoms with E-state index in [1.54, 1.807) is 13.2 Å². The highest BCUT2D eigenvalue weighted by atomic mass is 16.5. The minimum absolute atomic E-state index is 0.173. The summed E-state index contributed by atoms with van der Waals surface area (Å²) < 4.78 is 10.5. The van der Waals surface area contributed by atoms with Gasteiger partial charge in [0.1, 0.15) is 5.75 Å². The first kappa shape index (κ1) is 22.5. The van der Waals surface area contributed by atoms with Gasteiger partial charge in [0.15, 0.2) is 11.7 Å². The summed E-state index contributed by atoms with van der Waals surface area (Å²) in [5.41, 5.74) is 2.06. The van der Waals surface area contributed by atoms with E-state index < -0.39 is 0 Å². The Bertz CT molecular complexity index is 854. The molecule has 2 heterocycles. The number of methoxy groups -OCH3 is 1. The van der Waals surface area contributed by atoms with Gasteiger partial charge in [-0.25, -0.2) is 0 Å². The molecule has 1 aliphatic rings. The van der Waals surface area contributed by atoms with Gasteiger partial charge in [0.05, 0.1) is 13.4 Å². The Morgan fingerprint density at radius 1 is 1.13 bits per heavy atom. The van der Waals surface area contributed by atoms with Gasteiger partial charge in [-0.1, -0.05) is 0 Å². The normalized spacial score (nSPS) is 14.5. The van der Waals surface area contributed by atoms with Crippen LogP contribution < -0.4 is 20.3 Å². The average Bonchev–Trinajstić information content (AvgIpc) is 3.24. The summed E-state index contributed by atoms with van der Waals surface area (Å²) in [7, 11) is 1.68. The first-order valence-electron chi connectivity index (χ1n) is 10.9. The number of hydrogen-bond donors (Lipinski definition) is 2. The van der Waals surface area contributed by atoms with E-state index >= 15 is 0 Å². The first-order valence-corrected chi connectivity index (χ1v) is 10.9. The lowest BCUT2D eigenvalue weighted by Crippen LogP contribution is -2.52. The first-order chi connectivity index (χ1) is 15.1. The number of ether oxygens (including phenoxy) is 1. The fourth-order valence-corrected chi connectivity index (χ4v) is 3.55. The van der Waals surface area contributed by atoms with Gasteiger partial charge in [0.25, 0.3) is 5.91 Å². The topological polar surface area (TPSA) is 82.3 Å². The van der Waals surface area contributed by atoms with Gasteiger partial charge < -0.3 is 29.6 Å². The van der Waals surface area contributed by atoms with Crippen LogP contribution in [0.3, 0.4) is 0 Å². The van der Waals surface area contributed by atoms with Crippen molar-refractivity contribution >= 4 is 17.6 Å². The number of aliphatic imine (C=N–C) groups is 1. The maximum absolute atomic E-state index is 12.1. The number of piperazine rings is 1. The van der Waals surface area contributed by atoms with Crippen molar-refractivity contribution in [3.05, 3.63) is 47.9 Å². The highest BCUT2D eigenvalue weighted by Crippen LogP contribution is 2.20. The summed E-state index contributed by atoms with van der Waals surface area (Å²) in [6.07, 6.45) is 2.30. The van der Waals surface area contributed by atoms with Gasteiger partial charge >= 0.3 is 0 Å². The number of carbonyl (C=O) groups excluding carboxylic acids is 1. The lowest BCUT2D eigenvalue weighted by Gasteiger charge is -2.37. The number of anilines is 1. The Labute approximate surface area is 184 Å². The average molecular weight is 428 g/mol. The van der Waals surface area contributed by atoms with E-state index in [2.05, 4.69) is 39.5 Å². The van der Waals surface area contributed by atoms with Crippen molar-refractivity contribution in [3.8, 4) is 5.75 Å². The summed E-state index contributed by atoms with van der Waals surface area (Å²) in [6, 6.07) is 9.99. The van der Waals surface area contributed by atoms with E-state index in [4.69, 9.17) is 14.1 Å². The third kappa shape index (κ3) is 6.16. The van der Waals surface area contributed by atoms with Gasteiger partial charge in [-0.15, -0.1) is 0 Å². The molecular weight excluding hydrogens is 394 g/mol. The zero-order valence-electron chi connectivity index (χ0n) is 18.7. The smallest absolute Gasteiger partial charge is 0.287 e. The summed E-state index contributed by atoms with van der Waals surface area (Å²) in [5, 5.41) is 6.28. The molecule has 1 amide bonds. The third-order valence-electron chi connectivity index (χ3n) is 5.30. The predicted octanol–water partition coefficient (Wildman–Crippen LogP) is 2.50. The molecule has 1 aliphatic heterocycles. The molecule has 0 unspecified atom stereocenters. The molecule has 1 aromatic heterocycles.